The molecule has 10 heteroatoms. The van der Waals surface area contributed by atoms with Crippen molar-refractivity contribution in [1.29, 1.82) is 5.41 Å². The first-order valence-corrected chi connectivity index (χ1v) is 10.6. The van der Waals surface area contributed by atoms with Gasteiger partial charge in [-0.15, -0.1) is 0 Å². The molecule has 1 aromatic carbocycles. The Balaban J connectivity index is 1.97. The number of amides is 1. The van der Waals surface area contributed by atoms with Crippen molar-refractivity contribution in [3.63, 3.8) is 0 Å². The minimum absolute atomic E-state index is 0.0498. The van der Waals surface area contributed by atoms with Gasteiger partial charge in [0.2, 0.25) is 10.9 Å². The highest BCUT2D eigenvalue weighted by Crippen LogP contribution is 2.39. The Morgan fingerprint density at radius 2 is 1.86 bits per heavy atom. The molecule has 3 rings (SSSR count). The Hall–Kier alpha value is -2.46. The molecule has 29 heavy (non-hydrogen) atoms. The minimum atomic E-state index is -0.479. The van der Waals surface area contributed by atoms with Crippen LogP contribution in [0.2, 0.25) is 0 Å². The summed E-state index contributed by atoms with van der Waals surface area (Å²) in [6, 6.07) is 3.44. The number of fused-ring (bicyclic) bond motifs is 1. The molecule has 0 aliphatic carbocycles. The maximum atomic E-state index is 12.6. The average molecular weight is 435 g/mol. The molecule has 0 unspecified atom stereocenters. The summed E-state index contributed by atoms with van der Waals surface area (Å²) < 4.78 is 20.4. The zero-order valence-corrected chi connectivity index (χ0v) is 18.4. The van der Waals surface area contributed by atoms with Crippen LogP contribution in [0.5, 0.6) is 17.2 Å². The van der Waals surface area contributed by atoms with E-state index in [4.69, 9.17) is 19.6 Å². The molecular weight excluding hydrogens is 412 g/mol. The largest absolute Gasteiger partial charge is 0.493 e. The SMILES string of the molecule is COc1cc(/C=C2/C(=N)N3C(SCC(C)C)=NSC3=NC2=O)cc(OC)c1OC. The van der Waals surface area contributed by atoms with Crippen LogP contribution < -0.4 is 14.2 Å². The zero-order chi connectivity index (χ0) is 21.1. The average Bonchev–Trinajstić information content (AvgIpc) is 3.11. The van der Waals surface area contributed by atoms with Gasteiger partial charge in [-0.25, -0.2) is 4.90 Å². The summed E-state index contributed by atoms with van der Waals surface area (Å²) in [6.07, 6.45) is 1.60. The van der Waals surface area contributed by atoms with Crippen molar-refractivity contribution < 1.29 is 19.0 Å². The molecule has 8 nitrogen and oxygen atoms in total. The first-order valence-electron chi connectivity index (χ1n) is 8.81. The first kappa shape index (κ1) is 21.3. The number of carbonyl (C=O) groups is 1. The summed E-state index contributed by atoms with van der Waals surface area (Å²) in [6.45, 7) is 4.23. The molecule has 0 spiro atoms. The number of nitrogens with one attached hydrogen (secondary N) is 1. The van der Waals surface area contributed by atoms with E-state index in [2.05, 4.69) is 23.2 Å². The van der Waals surface area contributed by atoms with Gasteiger partial charge in [0.25, 0.3) is 5.91 Å². The second kappa shape index (κ2) is 8.91. The number of thioether (sulfide) groups is 1. The molecular formula is C19H22N4O4S2. The number of carbonyl (C=O) groups excluding carboxylic acids is 1. The lowest BCUT2D eigenvalue weighted by atomic mass is 10.1. The van der Waals surface area contributed by atoms with E-state index in [1.807, 2.05) is 0 Å². The molecule has 2 heterocycles. The highest BCUT2D eigenvalue weighted by atomic mass is 32.2. The summed E-state index contributed by atoms with van der Waals surface area (Å²) in [7, 11) is 4.57. The predicted octanol–water partition coefficient (Wildman–Crippen LogP) is 3.68. The Morgan fingerprint density at radius 1 is 1.21 bits per heavy atom. The third kappa shape index (κ3) is 4.27. The smallest absolute Gasteiger partial charge is 0.283 e. The second-order valence-electron chi connectivity index (χ2n) is 6.57. The molecule has 1 amide bonds. The predicted molar refractivity (Wildman–Crippen MR) is 118 cm³/mol. The van der Waals surface area contributed by atoms with Gasteiger partial charge < -0.3 is 14.2 Å². The fourth-order valence-electron chi connectivity index (χ4n) is 2.69. The maximum absolute atomic E-state index is 12.6. The number of ether oxygens (including phenoxy) is 3. The molecule has 2 aliphatic heterocycles. The fraction of sp³-hybridized carbons (Fsp3) is 0.368. The summed E-state index contributed by atoms with van der Waals surface area (Å²) in [5, 5.41) is 9.68. The molecule has 2 aliphatic rings. The molecule has 0 atom stereocenters. The van der Waals surface area contributed by atoms with Gasteiger partial charge in [-0.05, 0) is 29.7 Å². The number of benzene rings is 1. The summed E-state index contributed by atoms with van der Waals surface area (Å²) in [5.74, 6) is 2.28. The monoisotopic (exact) mass is 434 g/mol. The van der Waals surface area contributed by atoms with E-state index in [0.717, 1.165) is 17.7 Å². The van der Waals surface area contributed by atoms with Gasteiger partial charge in [0.15, 0.2) is 16.7 Å². The van der Waals surface area contributed by atoms with Gasteiger partial charge >= 0.3 is 0 Å². The first-order chi connectivity index (χ1) is 13.9. The molecule has 0 bridgehead atoms. The molecule has 0 saturated heterocycles. The standard InChI is InChI=1S/C19H22N4O4S2/c1-10(2)9-28-19-22-29-18-21-17(24)12(16(20)23(18)19)6-11-7-13(25-3)15(27-5)14(8-11)26-4/h6-8,10,20H,9H2,1-5H3/b12-6-,20-16?. The molecule has 0 saturated carbocycles. The number of hydrogen-bond acceptors (Lipinski definition) is 8. The third-order valence-corrected chi connectivity index (χ3v) is 6.22. The second-order valence-corrected chi connectivity index (χ2v) is 8.29. The van der Waals surface area contributed by atoms with Crippen LogP contribution in [0.15, 0.2) is 27.1 Å². The van der Waals surface area contributed by atoms with Crippen LogP contribution in [0, 0.1) is 11.3 Å². The van der Waals surface area contributed by atoms with E-state index in [9.17, 15) is 4.79 Å². The number of nitrogens with zero attached hydrogens (tertiary/aromatic N) is 3. The topological polar surface area (TPSA) is 96.6 Å². The normalized spacial score (nSPS) is 17.4. The molecule has 1 N–H and O–H groups in total. The van der Waals surface area contributed by atoms with E-state index in [0.29, 0.717) is 39.1 Å². The highest BCUT2D eigenvalue weighted by molar-refractivity contribution is 8.19. The van der Waals surface area contributed by atoms with Crippen molar-refractivity contribution >= 4 is 51.9 Å². The van der Waals surface area contributed by atoms with Gasteiger partial charge in [-0.1, -0.05) is 25.6 Å². The lowest BCUT2D eigenvalue weighted by Crippen LogP contribution is -2.41. The number of aliphatic imine (C=N–C) groups is 1. The van der Waals surface area contributed by atoms with Crippen molar-refractivity contribution in [1.82, 2.24) is 4.90 Å². The van der Waals surface area contributed by atoms with Crippen molar-refractivity contribution in [2.24, 2.45) is 15.3 Å². The Labute approximate surface area is 178 Å². The minimum Gasteiger partial charge on any atom is -0.493 e. The molecule has 1 aromatic rings. The molecule has 0 aromatic heterocycles. The van der Waals surface area contributed by atoms with Crippen LogP contribution in [0.25, 0.3) is 6.08 Å². The van der Waals surface area contributed by atoms with Crippen LogP contribution in [0.3, 0.4) is 0 Å². The third-order valence-electron chi connectivity index (χ3n) is 4.04. The van der Waals surface area contributed by atoms with Gasteiger partial charge in [0, 0.05) is 5.75 Å². The Morgan fingerprint density at radius 3 is 2.41 bits per heavy atom. The van der Waals surface area contributed by atoms with Crippen molar-refractivity contribution in [3.05, 3.63) is 23.3 Å². The maximum Gasteiger partial charge on any atom is 0.283 e. The molecule has 0 radical (unpaired) electrons. The number of hydrogen-bond donors (Lipinski definition) is 1. The van der Waals surface area contributed by atoms with E-state index >= 15 is 0 Å². The fourth-order valence-corrected chi connectivity index (χ4v) is 4.48. The van der Waals surface area contributed by atoms with Crippen molar-refractivity contribution in [3.8, 4) is 17.2 Å². The summed E-state index contributed by atoms with van der Waals surface area (Å²) in [5.41, 5.74) is 0.801. The van der Waals surface area contributed by atoms with Crippen LogP contribution in [-0.4, -0.2) is 54.1 Å². The summed E-state index contributed by atoms with van der Waals surface area (Å²) >= 11 is 2.66. The Kier molecular flexibility index (Phi) is 6.53. The summed E-state index contributed by atoms with van der Waals surface area (Å²) in [4.78, 5) is 18.3. The van der Waals surface area contributed by atoms with Crippen LogP contribution in [0.1, 0.15) is 19.4 Å². The quantitative estimate of drug-likeness (QED) is 0.539. The van der Waals surface area contributed by atoms with Gasteiger partial charge in [-0.2, -0.15) is 9.39 Å². The lowest BCUT2D eigenvalue weighted by molar-refractivity contribution is -0.114. The van der Waals surface area contributed by atoms with E-state index in [1.165, 1.54) is 21.3 Å². The van der Waals surface area contributed by atoms with Gasteiger partial charge in [-0.3, -0.25) is 10.2 Å². The molecule has 154 valence electrons. The van der Waals surface area contributed by atoms with Crippen LogP contribution >= 0.6 is 23.7 Å². The van der Waals surface area contributed by atoms with E-state index in [1.54, 1.807) is 34.9 Å². The van der Waals surface area contributed by atoms with Crippen LogP contribution in [-0.2, 0) is 4.79 Å². The van der Waals surface area contributed by atoms with Crippen molar-refractivity contribution in [2.75, 3.05) is 27.1 Å². The zero-order valence-electron chi connectivity index (χ0n) is 16.8. The van der Waals surface area contributed by atoms with Crippen molar-refractivity contribution in [2.45, 2.75) is 13.8 Å². The number of rotatable bonds is 6. The Bertz CT molecular complexity index is 915. The lowest BCUT2D eigenvalue weighted by Gasteiger charge is -2.24. The van der Waals surface area contributed by atoms with E-state index in [-0.39, 0.29) is 11.4 Å². The van der Waals surface area contributed by atoms with E-state index < -0.39 is 5.91 Å². The van der Waals surface area contributed by atoms with Gasteiger partial charge in [0.1, 0.15) is 5.84 Å². The number of methoxy groups -OCH3 is 3. The highest BCUT2D eigenvalue weighted by Gasteiger charge is 2.37. The van der Waals surface area contributed by atoms with Crippen LogP contribution in [0.4, 0.5) is 0 Å². The number of amidine groups is 3. The molecule has 0 fully saturated rings. The van der Waals surface area contributed by atoms with Gasteiger partial charge in [0.05, 0.1) is 38.9 Å².